The maximum Gasteiger partial charge on any atom is 0.220 e. The van der Waals surface area contributed by atoms with Crippen LogP contribution in [0.3, 0.4) is 0 Å². The number of nitrogens with one attached hydrogen (secondary N) is 2. The van der Waals surface area contributed by atoms with Crippen LogP contribution in [-0.4, -0.2) is 37.7 Å². The van der Waals surface area contributed by atoms with Gasteiger partial charge in [-0.15, -0.1) is 0 Å². The molecule has 1 amide bonds. The molecule has 2 N–H and O–H groups in total. The lowest BCUT2D eigenvalue weighted by atomic mass is 9.89. The Balaban J connectivity index is 1.52. The first kappa shape index (κ1) is 14.8. The molecule has 0 aromatic rings. The van der Waals surface area contributed by atoms with Crippen molar-refractivity contribution in [3.63, 3.8) is 0 Å². The molecule has 0 spiro atoms. The molecule has 2 unspecified atom stereocenters. The van der Waals surface area contributed by atoms with Crippen LogP contribution in [-0.2, 0) is 9.53 Å². The van der Waals surface area contributed by atoms with Gasteiger partial charge in [0, 0.05) is 38.3 Å². The summed E-state index contributed by atoms with van der Waals surface area (Å²) >= 11 is 0. The van der Waals surface area contributed by atoms with Crippen molar-refractivity contribution in [2.75, 3.05) is 19.8 Å². The van der Waals surface area contributed by atoms with Crippen molar-refractivity contribution in [1.29, 1.82) is 0 Å². The highest BCUT2D eigenvalue weighted by Crippen LogP contribution is 2.32. The SMILES string of the molecule is CCCOCCCNC(=O)CC1CC2CCC(C1)N2. The van der Waals surface area contributed by atoms with Crippen LogP contribution in [0.5, 0.6) is 0 Å². The first-order valence-corrected chi connectivity index (χ1v) is 7.88. The van der Waals surface area contributed by atoms with Crippen molar-refractivity contribution >= 4 is 5.91 Å². The quantitative estimate of drug-likeness (QED) is 0.660. The summed E-state index contributed by atoms with van der Waals surface area (Å²) < 4.78 is 5.39. The molecule has 2 atom stereocenters. The zero-order chi connectivity index (χ0) is 13.5. The van der Waals surface area contributed by atoms with Gasteiger partial charge in [0.25, 0.3) is 0 Å². The summed E-state index contributed by atoms with van der Waals surface area (Å²) in [7, 11) is 0. The van der Waals surface area contributed by atoms with Gasteiger partial charge >= 0.3 is 0 Å². The van der Waals surface area contributed by atoms with Crippen molar-refractivity contribution in [2.45, 2.75) is 64.0 Å². The van der Waals surface area contributed by atoms with Crippen molar-refractivity contribution in [3.05, 3.63) is 0 Å². The highest BCUT2D eigenvalue weighted by molar-refractivity contribution is 5.76. The average molecular weight is 268 g/mol. The number of hydrogen-bond acceptors (Lipinski definition) is 3. The molecule has 0 aromatic carbocycles. The van der Waals surface area contributed by atoms with E-state index in [0.717, 1.165) is 32.6 Å². The number of rotatable bonds is 8. The fourth-order valence-electron chi connectivity index (χ4n) is 3.32. The van der Waals surface area contributed by atoms with Gasteiger partial charge in [0.15, 0.2) is 0 Å². The fraction of sp³-hybridized carbons (Fsp3) is 0.933. The summed E-state index contributed by atoms with van der Waals surface area (Å²) in [6.07, 6.45) is 7.67. The van der Waals surface area contributed by atoms with Crippen molar-refractivity contribution < 1.29 is 9.53 Å². The molecule has 2 fully saturated rings. The standard InChI is InChI=1S/C15H28N2O2/c1-2-7-19-8-3-6-16-15(18)11-12-9-13-4-5-14(10-12)17-13/h12-14,17H,2-11H2,1H3,(H,16,18). The van der Waals surface area contributed by atoms with Crippen LogP contribution in [0.2, 0.25) is 0 Å². The van der Waals surface area contributed by atoms with Crippen molar-refractivity contribution in [3.8, 4) is 0 Å². The van der Waals surface area contributed by atoms with Crippen LogP contribution in [0.25, 0.3) is 0 Å². The van der Waals surface area contributed by atoms with Gasteiger partial charge in [-0.3, -0.25) is 4.79 Å². The van der Waals surface area contributed by atoms with Crippen molar-refractivity contribution in [2.24, 2.45) is 5.92 Å². The van der Waals surface area contributed by atoms with Crippen LogP contribution in [0.1, 0.15) is 51.9 Å². The van der Waals surface area contributed by atoms with E-state index >= 15 is 0 Å². The Morgan fingerprint density at radius 2 is 2.00 bits per heavy atom. The Morgan fingerprint density at radius 1 is 1.26 bits per heavy atom. The molecule has 4 nitrogen and oxygen atoms in total. The molecule has 110 valence electrons. The van der Waals surface area contributed by atoms with E-state index in [1.54, 1.807) is 0 Å². The van der Waals surface area contributed by atoms with Gasteiger partial charge in [0.05, 0.1) is 0 Å². The molecule has 0 radical (unpaired) electrons. The monoisotopic (exact) mass is 268 g/mol. The number of amides is 1. The van der Waals surface area contributed by atoms with Crippen LogP contribution >= 0.6 is 0 Å². The van der Waals surface area contributed by atoms with E-state index in [1.165, 1.54) is 25.7 Å². The summed E-state index contributed by atoms with van der Waals surface area (Å²) in [5.41, 5.74) is 0. The van der Waals surface area contributed by atoms with Gasteiger partial charge in [-0.1, -0.05) is 6.92 Å². The maximum atomic E-state index is 11.9. The Bertz CT molecular complexity index is 271. The largest absolute Gasteiger partial charge is 0.381 e. The summed E-state index contributed by atoms with van der Waals surface area (Å²) in [6.45, 7) is 4.44. The zero-order valence-corrected chi connectivity index (χ0v) is 12.1. The third-order valence-corrected chi connectivity index (χ3v) is 4.18. The number of ether oxygens (including phenoxy) is 1. The van der Waals surface area contributed by atoms with E-state index in [1.807, 2.05) is 0 Å². The van der Waals surface area contributed by atoms with Gasteiger partial charge < -0.3 is 15.4 Å². The second-order valence-electron chi connectivity index (χ2n) is 6.00. The molecule has 2 aliphatic rings. The molecule has 2 aliphatic heterocycles. The van der Waals surface area contributed by atoms with E-state index in [9.17, 15) is 4.79 Å². The molecule has 0 aromatic heterocycles. The van der Waals surface area contributed by atoms with Gasteiger partial charge in [-0.2, -0.15) is 0 Å². The summed E-state index contributed by atoms with van der Waals surface area (Å²) in [6, 6.07) is 1.36. The first-order valence-electron chi connectivity index (χ1n) is 7.88. The molecule has 0 aliphatic carbocycles. The third kappa shape index (κ3) is 5.11. The first-order chi connectivity index (χ1) is 9.28. The van der Waals surface area contributed by atoms with E-state index in [2.05, 4.69) is 17.6 Å². The third-order valence-electron chi connectivity index (χ3n) is 4.18. The molecule has 2 bridgehead atoms. The lowest BCUT2D eigenvalue weighted by molar-refractivity contribution is -0.122. The molecule has 2 heterocycles. The predicted octanol–water partition coefficient (Wildman–Crippen LogP) is 1.84. The topological polar surface area (TPSA) is 50.4 Å². The lowest BCUT2D eigenvalue weighted by Crippen LogP contribution is -2.39. The number of hydrogen-bond donors (Lipinski definition) is 2. The number of carbonyl (C=O) groups excluding carboxylic acids is 1. The second kappa shape index (κ2) is 7.85. The van der Waals surface area contributed by atoms with E-state index in [4.69, 9.17) is 4.74 Å². The van der Waals surface area contributed by atoms with E-state index < -0.39 is 0 Å². The highest BCUT2D eigenvalue weighted by atomic mass is 16.5. The Labute approximate surface area is 116 Å². The summed E-state index contributed by atoms with van der Waals surface area (Å²) in [5.74, 6) is 0.817. The Morgan fingerprint density at radius 3 is 2.68 bits per heavy atom. The van der Waals surface area contributed by atoms with E-state index in [0.29, 0.717) is 24.4 Å². The zero-order valence-electron chi connectivity index (χ0n) is 12.1. The van der Waals surface area contributed by atoms with Crippen LogP contribution < -0.4 is 10.6 Å². The minimum Gasteiger partial charge on any atom is -0.381 e. The van der Waals surface area contributed by atoms with Crippen LogP contribution in [0, 0.1) is 5.92 Å². The molecule has 0 saturated carbocycles. The van der Waals surface area contributed by atoms with Crippen LogP contribution in [0.4, 0.5) is 0 Å². The number of carbonyl (C=O) groups is 1. The molecule has 2 saturated heterocycles. The summed E-state index contributed by atoms with van der Waals surface area (Å²) in [5, 5.41) is 6.63. The predicted molar refractivity (Wildman–Crippen MR) is 76.0 cm³/mol. The molecule has 19 heavy (non-hydrogen) atoms. The second-order valence-corrected chi connectivity index (χ2v) is 6.00. The minimum atomic E-state index is 0.224. The Hall–Kier alpha value is -0.610. The van der Waals surface area contributed by atoms with Gasteiger partial charge in [0.1, 0.15) is 0 Å². The highest BCUT2D eigenvalue weighted by Gasteiger charge is 2.33. The Kier molecular flexibility index (Phi) is 6.11. The lowest BCUT2D eigenvalue weighted by Gasteiger charge is -2.28. The smallest absolute Gasteiger partial charge is 0.220 e. The average Bonchev–Trinajstić information content (AvgIpc) is 2.73. The van der Waals surface area contributed by atoms with Crippen LogP contribution in [0.15, 0.2) is 0 Å². The summed E-state index contributed by atoms with van der Waals surface area (Å²) in [4.78, 5) is 11.9. The van der Waals surface area contributed by atoms with Gasteiger partial charge in [-0.05, 0) is 44.4 Å². The molecular weight excluding hydrogens is 240 g/mol. The number of piperidine rings is 1. The number of fused-ring (bicyclic) bond motifs is 2. The normalized spacial score (nSPS) is 29.4. The van der Waals surface area contributed by atoms with Crippen molar-refractivity contribution in [1.82, 2.24) is 10.6 Å². The van der Waals surface area contributed by atoms with E-state index in [-0.39, 0.29) is 5.91 Å². The fourth-order valence-corrected chi connectivity index (χ4v) is 3.32. The molecular formula is C15H28N2O2. The van der Waals surface area contributed by atoms with Gasteiger partial charge in [0.2, 0.25) is 5.91 Å². The maximum absolute atomic E-state index is 11.9. The molecule has 2 rings (SSSR count). The minimum absolute atomic E-state index is 0.224. The van der Waals surface area contributed by atoms with Gasteiger partial charge in [-0.25, -0.2) is 0 Å². The molecule has 4 heteroatoms.